The largest absolute Gasteiger partial charge is 0.431 e. The van der Waals surface area contributed by atoms with Crippen molar-refractivity contribution in [2.75, 3.05) is 0 Å². The van der Waals surface area contributed by atoms with E-state index in [2.05, 4.69) is 19.9 Å². The Morgan fingerprint density at radius 1 is 0.958 bits per heavy atom. The van der Waals surface area contributed by atoms with E-state index in [-0.39, 0.29) is 5.97 Å². The molecule has 1 unspecified atom stereocenters. The fourth-order valence-corrected chi connectivity index (χ4v) is 3.47. The summed E-state index contributed by atoms with van der Waals surface area (Å²) >= 11 is 0. The van der Waals surface area contributed by atoms with Crippen molar-refractivity contribution in [3.8, 4) is 0 Å². The van der Waals surface area contributed by atoms with Crippen molar-refractivity contribution in [3.05, 3.63) is 11.8 Å². The van der Waals surface area contributed by atoms with E-state index >= 15 is 0 Å². The maximum absolute atomic E-state index is 12.1. The molecular weight excluding hydrogens is 296 g/mol. The molecule has 0 bridgehead atoms. The van der Waals surface area contributed by atoms with Gasteiger partial charge in [-0.2, -0.15) is 0 Å². The average molecular weight is 337 g/mol. The molecule has 0 aromatic rings. The van der Waals surface area contributed by atoms with Gasteiger partial charge in [-0.3, -0.25) is 4.79 Å². The van der Waals surface area contributed by atoms with E-state index < -0.39 is 0 Å². The molecule has 0 N–H and O–H groups in total. The zero-order valence-electron chi connectivity index (χ0n) is 16.3. The maximum Gasteiger partial charge on any atom is 0.310 e. The van der Waals surface area contributed by atoms with Gasteiger partial charge in [0.25, 0.3) is 0 Å². The molecule has 1 aliphatic rings. The van der Waals surface area contributed by atoms with Gasteiger partial charge in [-0.05, 0) is 31.3 Å². The zero-order chi connectivity index (χ0) is 17.5. The minimum Gasteiger partial charge on any atom is -0.431 e. The highest BCUT2D eigenvalue weighted by Crippen LogP contribution is 2.21. The van der Waals surface area contributed by atoms with E-state index in [1.165, 1.54) is 64.2 Å². The molecule has 2 nitrogen and oxygen atoms in total. The van der Waals surface area contributed by atoms with Crippen LogP contribution in [0.1, 0.15) is 117 Å². The third-order valence-electron chi connectivity index (χ3n) is 5.03. The summed E-state index contributed by atoms with van der Waals surface area (Å²) in [7, 11) is 0. The highest BCUT2D eigenvalue weighted by Gasteiger charge is 2.10. The van der Waals surface area contributed by atoms with Crippen LogP contribution < -0.4 is 0 Å². The second-order valence-electron chi connectivity index (χ2n) is 7.62. The lowest BCUT2D eigenvalue weighted by atomic mass is 10.0. The summed E-state index contributed by atoms with van der Waals surface area (Å²) in [6.07, 6.45) is 21.5. The summed E-state index contributed by atoms with van der Waals surface area (Å²) in [4.78, 5) is 12.1. The summed E-state index contributed by atoms with van der Waals surface area (Å²) in [5.74, 6) is 1.44. The minimum absolute atomic E-state index is 0.0279. The van der Waals surface area contributed by atoms with Crippen molar-refractivity contribution in [2.45, 2.75) is 117 Å². The first-order valence-corrected chi connectivity index (χ1v) is 10.6. The molecule has 0 saturated heterocycles. The van der Waals surface area contributed by atoms with Gasteiger partial charge >= 0.3 is 5.97 Å². The number of esters is 1. The number of unbranched alkanes of at least 4 members (excludes halogenated alkanes) is 2. The lowest BCUT2D eigenvalue weighted by molar-refractivity contribution is -0.139. The highest BCUT2D eigenvalue weighted by molar-refractivity contribution is 5.70. The molecule has 140 valence electrons. The van der Waals surface area contributed by atoms with Gasteiger partial charge in [-0.15, -0.1) is 0 Å². The monoisotopic (exact) mass is 336 g/mol. The molecule has 1 rings (SSSR count). The molecule has 0 aliphatic heterocycles. The maximum atomic E-state index is 12.1. The van der Waals surface area contributed by atoms with Crippen molar-refractivity contribution in [3.63, 3.8) is 0 Å². The summed E-state index contributed by atoms with van der Waals surface area (Å²) in [6.45, 7) is 4.43. The van der Waals surface area contributed by atoms with E-state index in [0.717, 1.165) is 37.9 Å². The lowest BCUT2D eigenvalue weighted by Gasteiger charge is -2.12. The third-order valence-corrected chi connectivity index (χ3v) is 5.03. The first-order valence-electron chi connectivity index (χ1n) is 10.6. The van der Waals surface area contributed by atoms with Crippen LogP contribution in [0.4, 0.5) is 0 Å². The smallest absolute Gasteiger partial charge is 0.310 e. The number of rotatable bonds is 5. The predicted octanol–water partition coefficient (Wildman–Crippen LogP) is 7.32. The van der Waals surface area contributed by atoms with E-state index in [9.17, 15) is 4.79 Å². The third kappa shape index (κ3) is 11.7. The first kappa shape index (κ1) is 21.3. The summed E-state index contributed by atoms with van der Waals surface area (Å²) in [5.41, 5.74) is 0. The number of carbonyl (C=O) groups excluding carboxylic acids is 1. The van der Waals surface area contributed by atoms with Gasteiger partial charge in [-0.1, -0.05) is 84.5 Å². The Bertz CT molecular complexity index is 346. The Balaban J connectivity index is 2.49. The van der Waals surface area contributed by atoms with Gasteiger partial charge in [-0.25, -0.2) is 0 Å². The standard InChI is InChI=1S/C22H40O2/c1-3-4-13-18-22(23)24-21-17-15-12-10-8-6-5-7-9-11-14-16-20(2)19-21/h19-20H,3-18H2,1-2H3/b21-19-. The van der Waals surface area contributed by atoms with Gasteiger partial charge in [0, 0.05) is 12.8 Å². The van der Waals surface area contributed by atoms with Crippen molar-refractivity contribution in [1.82, 2.24) is 0 Å². The zero-order valence-corrected chi connectivity index (χ0v) is 16.3. The Kier molecular flexibility index (Phi) is 12.9. The van der Waals surface area contributed by atoms with Crippen LogP contribution >= 0.6 is 0 Å². The van der Waals surface area contributed by atoms with E-state index in [0.29, 0.717) is 12.3 Å². The summed E-state index contributed by atoms with van der Waals surface area (Å²) in [6, 6.07) is 0. The fourth-order valence-electron chi connectivity index (χ4n) is 3.47. The molecule has 0 fully saturated rings. The van der Waals surface area contributed by atoms with Gasteiger partial charge in [0.05, 0.1) is 0 Å². The fraction of sp³-hybridized carbons (Fsp3) is 0.864. The second-order valence-corrected chi connectivity index (χ2v) is 7.62. The van der Waals surface area contributed by atoms with Crippen LogP contribution in [0.25, 0.3) is 0 Å². The molecule has 0 amide bonds. The Hall–Kier alpha value is -0.790. The van der Waals surface area contributed by atoms with Crippen LogP contribution in [0, 0.1) is 5.92 Å². The average Bonchev–Trinajstić information content (AvgIpc) is 2.56. The summed E-state index contributed by atoms with van der Waals surface area (Å²) in [5, 5.41) is 0. The van der Waals surface area contributed by atoms with Crippen molar-refractivity contribution >= 4 is 5.97 Å². The number of hydrogen-bond donors (Lipinski definition) is 0. The summed E-state index contributed by atoms with van der Waals surface area (Å²) < 4.78 is 5.72. The molecule has 2 heteroatoms. The van der Waals surface area contributed by atoms with Gasteiger partial charge in [0.2, 0.25) is 0 Å². The molecule has 0 aromatic carbocycles. The van der Waals surface area contributed by atoms with Crippen molar-refractivity contribution in [2.24, 2.45) is 5.92 Å². The van der Waals surface area contributed by atoms with Crippen LogP contribution in [0.15, 0.2) is 11.8 Å². The van der Waals surface area contributed by atoms with Crippen LogP contribution in [-0.4, -0.2) is 5.97 Å². The number of carbonyl (C=O) groups is 1. The normalized spacial score (nSPS) is 24.2. The molecule has 0 aromatic heterocycles. The topological polar surface area (TPSA) is 26.3 Å². The van der Waals surface area contributed by atoms with E-state index in [1.54, 1.807) is 0 Å². The molecule has 24 heavy (non-hydrogen) atoms. The Morgan fingerprint density at radius 3 is 2.17 bits per heavy atom. The quantitative estimate of drug-likeness (QED) is 0.388. The molecule has 1 atom stereocenters. The SMILES string of the molecule is CCCCCC(=O)O/C1=C\C(C)CCCCCCCCCCCC1. The number of allylic oxidation sites excluding steroid dienone is 2. The number of hydrogen-bond acceptors (Lipinski definition) is 2. The molecule has 0 heterocycles. The Morgan fingerprint density at radius 2 is 1.54 bits per heavy atom. The van der Waals surface area contributed by atoms with E-state index in [1.807, 2.05) is 0 Å². The van der Waals surface area contributed by atoms with Gasteiger partial charge in [0.1, 0.15) is 5.76 Å². The molecule has 0 saturated carbocycles. The number of ether oxygens (including phenoxy) is 1. The van der Waals surface area contributed by atoms with Crippen LogP contribution in [0.2, 0.25) is 0 Å². The van der Waals surface area contributed by atoms with Crippen LogP contribution in [0.5, 0.6) is 0 Å². The van der Waals surface area contributed by atoms with Gasteiger partial charge in [0.15, 0.2) is 0 Å². The van der Waals surface area contributed by atoms with Crippen molar-refractivity contribution in [1.29, 1.82) is 0 Å². The predicted molar refractivity (Wildman–Crippen MR) is 103 cm³/mol. The molecule has 0 spiro atoms. The van der Waals surface area contributed by atoms with Gasteiger partial charge < -0.3 is 4.74 Å². The van der Waals surface area contributed by atoms with Crippen LogP contribution in [0.3, 0.4) is 0 Å². The van der Waals surface area contributed by atoms with E-state index in [4.69, 9.17) is 4.74 Å². The van der Waals surface area contributed by atoms with Crippen molar-refractivity contribution < 1.29 is 9.53 Å². The minimum atomic E-state index is -0.0279. The van der Waals surface area contributed by atoms with Crippen LogP contribution in [-0.2, 0) is 9.53 Å². The first-order chi connectivity index (χ1) is 11.7. The highest BCUT2D eigenvalue weighted by atomic mass is 16.5. The Labute approximate surface area is 150 Å². The molecule has 1 aliphatic carbocycles. The second kappa shape index (κ2) is 14.5. The lowest BCUT2D eigenvalue weighted by Crippen LogP contribution is -2.06. The molecular formula is C22H40O2. The molecule has 0 radical (unpaired) electrons.